The molecule has 0 atom stereocenters. The molecule has 3 amide bonds. The third kappa shape index (κ3) is 3.17. The van der Waals surface area contributed by atoms with Gasteiger partial charge in [0.25, 0.3) is 5.91 Å². The van der Waals surface area contributed by atoms with Crippen LogP contribution in [0.5, 0.6) is 0 Å². The van der Waals surface area contributed by atoms with Crippen LogP contribution in [0.3, 0.4) is 0 Å². The minimum Gasteiger partial charge on any atom is -0.353 e. The lowest BCUT2D eigenvalue weighted by molar-refractivity contribution is -0.132. The van der Waals surface area contributed by atoms with Crippen LogP contribution in [0.1, 0.15) is 44.6 Å². The van der Waals surface area contributed by atoms with E-state index in [1.807, 2.05) is 11.0 Å². The number of amides is 3. The molecule has 2 aliphatic heterocycles. The summed E-state index contributed by atoms with van der Waals surface area (Å²) in [4.78, 5) is 29.3. The first kappa shape index (κ1) is 19.2. The maximum Gasteiger partial charge on any atom is 0.326 e. The summed E-state index contributed by atoms with van der Waals surface area (Å²) < 4.78 is 24.3. The smallest absolute Gasteiger partial charge is 0.326 e. The predicted octanol–water partition coefficient (Wildman–Crippen LogP) is 2.30. The number of carbonyl (C=O) groups excluding carboxylic acids is 2. The molecule has 0 unspecified atom stereocenters. The lowest BCUT2D eigenvalue weighted by Gasteiger charge is -2.36. The van der Waals surface area contributed by atoms with Gasteiger partial charge in [-0.3, -0.25) is 4.79 Å². The van der Waals surface area contributed by atoms with Gasteiger partial charge in [0.15, 0.2) is 9.84 Å². The van der Waals surface area contributed by atoms with Crippen LogP contribution in [0.4, 0.5) is 10.5 Å². The van der Waals surface area contributed by atoms with Crippen molar-refractivity contribution >= 4 is 27.5 Å². The second kappa shape index (κ2) is 6.76. The monoisotopic (exact) mass is 405 g/mol. The van der Waals surface area contributed by atoms with E-state index in [9.17, 15) is 18.0 Å². The summed E-state index contributed by atoms with van der Waals surface area (Å²) in [7, 11) is -3.33. The van der Waals surface area contributed by atoms with Gasteiger partial charge in [-0.25, -0.2) is 18.1 Å². The van der Waals surface area contributed by atoms with Crippen LogP contribution < -0.4 is 10.2 Å². The van der Waals surface area contributed by atoms with Gasteiger partial charge in [-0.05, 0) is 62.1 Å². The molecule has 7 nitrogen and oxygen atoms in total. The molecule has 1 N–H and O–H groups in total. The van der Waals surface area contributed by atoms with Gasteiger partial charge in [-0.2, -0.15) is 0 Å². The van der Waals surface area contributed by atoms with Crippen molar-refractivity contribution in [2.45, 2.75) is 55.9 Å². The van der Waals surface area contributed by atoms with Crippen LogP contribution in [0, 0.1) is 5.92 Å². The van der Waals surface area contributed by atoms with E-state index in [1.165, 1.54) is 11.2 Å². The number of nitrogens with one attached hydrogen (secondary N) is 1. The number of sulfone groups is 1. The Morgan fingerprint density at radius 3 is 2.61 bits per heavy atom. The number of hydrogen-bond acceptors (Lipinski definition) is 5. The summed E-state index contributed by atoms with van der Waals surface area (Å²) in [5.41, 5.74) is 0.828. The predicted molar refractivity (Wildman–Crippen MR) is 106 cm³/mol. The van der Waals surface area contributed by atoms with Crippen LogP contribution in [0.25, 0.3) is 0 Å². The summed E-state index contributed by atoms with van der Waals surface area (Å²) in [6, 6.07) is 4.89. The van der Waals surface area contributed by atoms with Gasteiger partial charge >= 0.3 is 6.03 Å². The Morgan fingerprint density at radius 1 is 1.21 bits per heavy atom. The van der Waals surface area contributed by atoms with Crippen molar-refractivity contribution in [1.82, 2.24) is 10.2 Å². The fraction of sp³-hybridized carbons (Fsp3) is 0.600. The van der Waals surface area contributed by atoms with E-state index in [-0.39, 0.29) is 18.6 Å². The van der Waals surface area contributed by atoms with Gasteiger partial charge in [0.2, 0.25) is 0 Å². The number of nitrogens with zero attached hydrogens (tertiary/aromatic N) is 2. The second-order valence-electron chi connectivity index (χ2n) is 8.46. The number of fused-ring (bicyclic) bond motifs is 1. The molecule has 1 spiro atoms. The average Bonchev–Trinajstić information content (AvgIpc) is 2.87. The first-order valence-electron chi connectivity index (χ1n) is 9.92. The van der Waals surface area contributed by atoms with Crippen LogP contribution in [0.15, 0.2) is 23.1 Å². The van der Waals surface area contributed by atoms with Crippen molar-refractivity contribution in [3.63, 3.8) is 0 Å². The highest BCUT2D eigenvalue weighted by Gasteiger charge is 2.52. The van der Waals surface area contributed by atoms with Crippen LogP contribution in [0.2, 0.25) is 0 Å². The Morgan fingerprint density at radius 2 is 1.93 bits per heavy atom. The number of anilines is 1. The molecular weight excluding hydrogens is 378 g/mol. The molecule has 0 aromatic heterocycles. The fourth-order valence-electron chi connectivity index (χ4n) is 4.73. The Balaban J connectivity index is 1.60. The van der Waals surface area contributed by atoms with E-state index >= 15 is 0 Å². The molecule has 0 bridgehead atoms. The van der Waals surface area contributed by atoms with Gasteiger partial charge in [0.1, 0.15) is 12.2 Å². The van der Waals surface area contributed by atoms with Gasteiger partial charge in [-0.1, -0.05) is 13.0 Å². The second-order valence-corrected chi connectivity index (χ2v) is 10.4. The first-order valence-corrected chi connectivity index (χ1v) is 11.8. The molecule has 1 saturated carbocycles. The van der Waals surface area contributed by atoms with Gasteiger partial charge in [0.05, 0.1) is 4.90 Å². The maximum atomic E-state index is 13.1. The molecule has 1 aromatic carbocycles. The normalized spacial score (nSPS) is 27.9. The Hall–Kier alpha value is -2.09. The molecule has 1 aromatic rings. The third-order valence-electron chi connectivity index (χ3n) is 6.39. The molecule has 0 radical (unpaired) electrons. The highest BCUT2D eigenvalue weighted by Crippen LogP contribution is 2.37. The van der Waals surface area contributed by atoms with Crippen molar-refractivity contribution in [2.75, 3.05) is 24.4 Å². The highest BCUT2D eigenvalue weighted by atomic mass is 32.2. The van der Waals surface area contributed by atoms with E-state index in [0.717, 1.165) is 30.5 Å². The average molecular weight is 406 g/mol. The number of urea groups is 1. The Labute approximate surface area is 166 Å². The molecular formula is C20H27N3O4S. The SMILES string of the molecule is CC1CCC2(CC1)NC(=O)N(CN1CCCc3c1cccc3S(C)(=O)=O)C2=O. The number of hydrogen-bond donors (Lipinski definition) is 1. The number of rotatable bonds is 3. The Bertz CT molecular complexity index is 919. The lowest BCUT2D eigenvalue weighted by atomic mass is 9.77. The van der Waals surface area contributed by atoms with Gasteiger partial charge in [-0.15, -0.1) is 0 Å². The lowest BCUT2D eigenvalue weighted by Crippen LogP contribution is -2.50. The van der Waals surface area contributed by atoms with Gasteiger partial charge < -0.3 is 10.2 Å². The largest absolute Gasteiger partial charge is 0.353 e. The summed E-state index contributed by atoms with van der Waals surface area (Å²) in [6.45, 7) is 3.01. The molecule has 8 heteroatoms. The molecule has 1 aliphatic carbocycles. The molecule has 152 valence electrons. The van der Waals surface area contributed by atoms with Crippen molar-refractivity contribution in [3.05, 3.63) is 23.8 Å². The van der Waals surface area contributed by atoms with Crippen LogP contribution in [-0.2, 0) is 21.1 Å². The maximum absolute atomic E-state index is 13.1. The van der Waals surface area contributed by atoms with Crippen molar-refractivity contribution in [3.8, 4) is 0 Å². The zero-order valence-electron chi connectivity index (χ0n) is 16.4. The van der Waals surface area contributed by atoms with E-state index in [0.29, 0.717) is 36.6 Å². The van der Waals surface area contributed by atoms with E-state index in [1.54, 1.807) is 12.1 Å². The summed E-state index contributed by atoms with van der Waals surface area (Å²) >= 11 is 0. The Kier molecular flexibility index (Phi) is 4.64. The first-order chi connectivity index (χ1) is 13.2. The molecule has 1 saturated heterocycles. The zero-order chi connectivity index (χ0) is 20.1. The van der Waals surface area contributed by atoms with Crippen molar-refractivity contribution < 1.29 is 18.0 Å². The minimum atomic E-state index is -3.33. The molecule has 28 heavy (non-hydrogen) atoms. The van der Waals surface area contributed by atoms with Crippen LogP contribution in [-0.4, -0.2) is 50.3 Å². The van der Waals surface area contributed by atoms with E-state index in [4.69, 9.17) is 0 Å². The van der Waals surface area contributed by atoms with Crippen molar-refractivity contribution in [2.24, 2.45) is 5.92 Å². The van der Waals surface area contributed by atoms with E-state index < -0.39 is 15.4 Å². The topological polar surface area (TPSA) is 86.8 Å². The molecule has 2 fully saturated rings. The van der Waals surface area contributed by atoms with Crippen LogP contribution >= 0.6 is 0 Å². The fourth-order valence-corrected chi connectivity index (χ4v) is 5.71. The third-order valence-corrected chi connectivity index (χ3v) is 7.57. The highest BCUT2D eigenvalue weighted by molar-refractivity contribution is 7.90. The molecule has 3 aliphatic rings. The summed E-state index contributed by atoms with van der Waals surface area (Å²) in [5, 5.41) is 2.95. The number of benzene rings is 1. The van der Waals surface area contributed by atoms with Gasteiger partial charge in [0, 0.05) is 18.5 Å². The number of carbonyl (C=O) groups is 2. The zero-order valence-corrected chi connectivity index (χ0v) is 17.2. The molecule has 2 heterocycles. The minimum absolute atomic E-state index is 0.143. The quantitative estimate of drug-likeness (QED) is 0.780. The van der Waals surface area contributed by atoms with Crippen molar-refractivity contribution in [1.29, 1.82) is 0 Å². The summed E-state index contributed by atoms with van der Waals surface area (Å²) in [5.74, 6) is 0.434. The number of imide groups is 1. The molecule has 4 rings (SSSR count). The standard InChI is InChI=1S/C20H27N3O4S/c1-14-8-10-20(11-9-14)18(24)23(19(25)21-20)13-22-12-4-5-15-16(22)6-3-7-17(15)28(2,26)27/h3,6-7,14H,4-5,8-13H2,1-2H3,(H,21,25). The summed E-state index contributed by atoms with van der Waals surface area (Å²) in [6.07, 6.45) is 5.91. The van der Waals surface area contributed by atoms with E-state index in [2.05, 4.69) is 12.2 Å².